The van der Waals surface area contributed by atoms with Crippen LogP contribution in [0.25, 0.3) is 0 Å². The van der Waals surface area contributed by atoms with Crippen molar-refractivity contribution in [3.8, 4) is 0 Å². The van der Waals surface area contributed by atoms with Crippen LogP contribution in [0.2, 0.25) is 0 Å². The molecule has 21 heavy (non-hydrogen) atoms. The molecule has 1 aromatic heterocycles. The molecule has 0 aliphatic carbocycles. The summed E-state index contributed by atoms with van der Waals surface area (Å²) in [5.41, 5.74) is 2.55. The lowest BCUT2D eigenvalue weighted by atomic mass is 10.1. The number of aromatic nitrogens is 1. The van der Waals surface area contributed by atoms with Crippen LogP contribution in [-0.4, -0.2) is 19.9 Å². The Morgan fingerprint density at radius 3 is 2.52 bits per heavy atom. The molecule has 0 amide bonds. The first-order valence-corrected chi connectivity index (χ1v) is 8.24. The van der Waals surface area contributed by atoms with Crippen LogP contribution in [0.1, 0.15) is 18.1 Å². The van der Waals surface area contributed by atoms with Crippen LogP contribution in [-0.2, 0) is 16.6 Å². The summed E-state index contributed by atoms with van der Waals surface area (Å²) in [5.74, 6) is 0. The second-order valence-electron chi connectivity index (χ2n) is 4.71. The number of aryl methyl sites for hydroxylation is 1. The van der Waals surface area contributed by atoms with Crippen molar-refractivity contribution in [2.45, 2.75) is 25.3 Å². The highest BCUT2D eigenvalue weighted by Gasteiger charge is 2.15. The van der Waals surface area contributed by atoms with Crippen molar-refractivity contribution in [3.05, 3.63) is 53.9 Å². The highest BCUT2D eigenvalue weighted by Crippen LogP contribution is 2.18. The van der Waals surface area contributed by atoms with Gasteiger partial charge >= 0.3 is 0 Å². The van der Waals surface area contributed by atoms with Crippen molar-refractivity contribution in [1.29, 1.82) is 0 Å². The molecule has 2 N–H and O–H groups in total. The van der Waals surface area contributed by atoms with Gasteiger partial charge in [0.15, 0.2) is 0 Å². The van der Waals surface area contributed by atoms with Crippen LogP contribution < -0.4 is 10.0 Å². The molecular weight excluding hydrogens is 286 g/mol. The summed E-state index contributed by atoms with van der Waals surface area (Å²) < 4.78 is 27.3. The Hall–Kier alpha value is -1.92. The van der Waals surface area contributed by atoms with Gasteiger partial charge < -0.3 is 5.32 Å². The molecule has 2 aromatic rings. The maximum atomic E-state index is 12.4. The standard InChI is InChI=1S/C15H19N3O2S/c1-3-16-11-13-10-15(5-4-12(13)2)21(19,20)18-14-6-8-17-9-7-14/h4-10,16H,3,11H2,1-2H3,(H,17,18). The van der Waals surface area contributed by atoms with Gasteiger partial charge in [-0.25, -0.2) is 8.42 Å². The topological polar surface area (TPSA) is 71.1 Å². The number of nitrogens with one attached hydrogen (secondary N) is 2. The number of hydrogen-bond acceptors (Lipinski definition) is 4. The van der Waals surface area contributed by atoms with Crippen LogP contribution >= 0.6 is 0 Å². The fourth-order valence-corrected chi connectivity index (χ4v) is 3.01. The Bertz CT molecular complexity index is 700. The third-order valence-electron chi connectivity index (χ3n) is 3.13. The summed E-state index contributed by atoms with van der Waals surface area (Å²) in [6, 6.07) is 8.39. The Kier molecular flexibility index (Phi) is 4.93. The van der Waals surface area contributed by atoms with Crippen LogP contribution in [0, 0.1) is 6.92 Å². The maximum absolute atomic E-state index is 12.4. The number of benzene rings is 1. The predicted octanol–water partition coefficient (Wildman–Crippen LogP) is 2.30. The van der Waals surface area contributed by atoms with E-state index in [0.29, 0.717) is 12.2 Å². The molecule has 0 saturated carbocycles. The van der Waals surface area contributed by atoms with Crippen LogP contribution in [0.4, 0.5) is 5.69 Å². The zero-order chi connectivity index (χ0) is 15.3. The van der Waals surface area contributed by atoms with Gasteiger partial charge in [-0.05, 0) is 48.9 Å². The molecule has 1 aromatic carbocycles. The first kappa shape index (κ1) is 15.5. The normalized spacial score (nSPS) is 11.3. The largest absolute Gasteiger partial charge is 0.313 e. The lowest BCUT2D eigenvalue weighted by molar-refractivity contribution is 0.601. The van der Waals surface area contributed by atoms with Gasteiger partial charge in [0, 0.05) is 18.9 Å². The van der Waals surface area contributed by atoms with Crippen molar-refractivity contribution in [2.75, 3.05) is 11.3 Å². The molecule has 0 spiro atoms. The van der Waals surface area contributed by atoms with Gasteiger partial charge in [0.1, 0.15) is 0 Å². The van der Waals surface area contributed by atoms with E-state index >= 15 is 0 Å². The van der Waals surface area contributed by atoms with E-state index in [-0.39, 0.29) is 4.90 Å². The van der Waals surface area contributed by atoms with Gasteiger partial charge in [-0.3, -0.25) is 9.71 Å². The molecule has 1 heterocycles. The first-order valence-electron chi connectivity index (χ1n) is 6.76. The lowest BCUT2D eigenvalue weighted by Crippen LogP contribution is -2.16. The highest BCUT2D eigenvalue weighted by molar-refractivity contribution is 7.92. The molecule has 0 radical (unpaired) electrons. The fraction of sp³-hybridized carbons (Fsp3) is 0.267. The number of hydrogen-bond donors (Lipinski definition) is 2. The predicted molar refractivity (Wildman–Crippen MR) is 83.6 cm³/mol. The fourth-order valence-electron chi connectivity index (χ4n) is 1.90. The minimum absolute atomic E-state index is 0.262. The van der Waals surface area contributed by atoms with E-state index in [9.17, 15) is 8.42 Å². The minimum Gasteiger partial charge on any atom is -0.313 e. The molecule has 5 nitrogen and oxygen atoms in total. The van der Waals surface area contributed by atoms with Gasteiger partial charge in [0.2, 0.25) is 0 Å². The molecule has 0 aliphatic heterocycles. The Morgan fingerprint density at radius 1 is 1.14 bits per heavy atom. The third-order valence-corrected chi connectivity index (χ3v) is 4.51. The summed E-state index contributed by atoms with van der Waals surface area (Å²) in [4.78, 5) is 4.13. The summed E-state index contributed by atoms with van der Waals surface area (Å²) in [6.07, 6.45) is 3.09. The van der Waals surface area contributed by atoms with E-state index in [1.54, 1.807) is 36.7 Å². The second-order valence-corrected chi connectivity index (χ2v) is 6.39. The van der Waals surface area contributed by atoms with Gasteiger partial charge in [0.05, 0.1) is 10.6 Å². The van der Waals surface area contributed by atoms with Crippen molar-refractivity contribution >= 4 is 15.7 Å². The Balaban J connectivity index is 2.27. The number of anilines is 1. The van der Waals surface area contributed by atoms with Gasteiger partial charge in [-0.2, -0.15) is 0 Å². The van der Waals surface area contributed by atoms with Crippen LogP contribution in [0.3, 0.4) is 0 Å². The summed E-state index contributed by atoms with van der Waals surface area (Å²) in [6.45, 7) is 5.48. The first-order chi connectivity index (χ1) is 10.0. The number of nitrogens with zero attached hydrogens (tertiary/aromatic N) is 1. The minimum atomic E-state index is -3.58. The van der Waals surface area contributed by atoms with Crippen molar-refractivity contribution < 1.29 is 8.42 Å². The lowest BCUT2D eigenvalue weighted by Gasteiger charge is -2.11. The van der Waals surface area contributed by atoms with Crippen molar-refractivity contribution in [1.82, 2.24) is 10.3 Å². The van der Waals surface area contributed by atoms with Crippen LogP contribution in [0.5, 0.6) is 0 Å². The molecule has 6 heteroatoms. The number of rotatable bonds is 6. The van der Waals surface area contributed by atoms with Gasteiger partial charge in [-0.15, -0.1) is 0 Å². The highest BCUT2D eigenvalue weighted by atomic mass is 32.2. The molecular formula is C15H19N3O2S. The summed E-state index contributed by atoms with van der Waals surface area (Å²) in [7, 11) is -3.58. The molecule has 112 valence electrons. The quantitative estimate of drug-likeness (QED) is 0.859. The zero-order valence-electron chi connectivity index (χ0n) is 12.1. The average molecular weight is 305 g/mol. The zero-order valence-corrected chi connectivity index (χ0v) is 12.9. The van der Waals surface area contributed by atoms with Crippen molar-refractivity contribution in [2.24, 2.45) is 0 Å². The molecule has 2 rings (SSSR count). The molecule has 0 bridgehead atoms. The molecule has 0 atom stereocenters. The second kappa shape index (κ2) is 6.69. The molecule has 0 aliphatic rings. The van der Waals surface area contributed by atoms with E-state index in [1.807, 2.05) is 19.9 Å². The van der Waals surface area contributed by atoms with Crippen LogP contribution in [0.15, 0.2) is 47.6 Å². The molecule has 0 fully saturated rings. The SMILES string of the molecule is CCNCc1cc(S(=O)(=O)Nc2ccncc2)ccc1C. The van der Waals surface area contributed by atoms with E-state index < -0.39 is 10.0 Å². The number of pyridine rings is 1. The monoisotopic (exact) mass is 305 g/mol. The van der Waals surface area contributed by atoms with E-state index in [2.05, 4.69) is 15.0 Å². The maximum Gasteiger partial charge on any atom is 0.261 e. The molecule has 0 unspecified atom stereocenters. The van der Waals surface area contributed by atoms with E-state index in [1.165, 1.54) is 0 Å². The van der Waals surface area contributed by atoms with Crippen molar-refractivity contribution in [3.63, 3.8) is 0 Å². The Labute approximate surface area is 125 Å². The summed E-state index contributed by atoms with van der Waals surface area (Å²) in [5, 5.41) is 3.21. The van der Waals surface area contributed by atoms with E-state index in [0.717, 1.165) is 17.7 Å². The Morgan fingerprint density at radius 2 is 1.86 bits per heavy atom. The average Bonchev–Trinajstić information content (AvgIpc) is 2.47. The number of sulfonamides is 1. The van der Waals surface area contributed by atoms with Gasteiger partial charge in [-0.1, -0.05) is 13.0 Å². The molecule has 0 saturated heterocycles. The smallest absolute Gasteiger partial charge is 0.261 e. The van der Waals surface area contributed by atoms with Gasteiger partial charge in [0.25, 0.3) is 10.0 Å². The van der Waals surface area contributed by atoms with E-state index in [4.69, 9.17) is 0 Å². The third kappa shape index (κ3) is 4.03. The summed E-state index contributed by atoms with van der Waals surface area (Å²) >= 11 is 0.